The number of hydrogen-bond acceptors (Lipinski definition) is 3. The third-order valence-corrected chi connectivity index (χ3v) is 3.20. The summed E-state index contributed by atoms with van der Waals surface area (Å²) in [5.74, 6) is 0. The minimum Gasteiger partial charge on any atom is -0.446 e. The van der Waals surface area contributed by atoms with Crippen molar-refractivity contribution in [2.24, 2.45) is 0 Å². The summed E-state index contributed by atoms with van der Waals surface area (Å²) in [5.41, 5.74) is 0. The molecule has 4 heteroatoms. The first-order valence-corrected chi connectivity index (χ1v) is 6.27. The summed E-state index contributed by atoms with van der Waals surface area (Å²) in [7, 11) is 0. The van der Waals surface area contributed by atoms with Gasteiger partial charge in [-0.1, -0.05) is 6.92 Å². The Morgan fingerprint density at radius 3 is 2.94 bits per heavy atom. The summed E-state index contributed by atoms with van der Waals surface area (Å²) in [6.45, 7) is 4.81. The molecule has 1 rings (SSSR count). The number of aliphatic hydroxyl groups is 1. The van der Waals surface area contributed by atoms with E-state index in [0.29, 0.717) is 6.42 Å². The van der Waals surface area contributed by atoms with Gasteiger partial charge in [0.1, 0.15) is 6.10 Å². The van der Waals surface area contributed by atoms with Crippen LogP contribution >= 0.6 is 0 Å². The molecule has 0 unspecified atom stereocenters. The molecule has 0 spiro atoms. The zero-order valence-electron chi connectivity index (χ0n) is 10.3. The molecule has 94 valence electrons. The van der Waals surface area contributed by atoms with Gasteiger partial charge in [0.05, 0.1) is 0 Å². The van der Waals surface area contributed by atoms with E-state index >= 15 is 0 Å². The van der Waals surface area contributed by atoms with Crippen molar-refractivity contribution in [1.29, 1.82) is 0 Å². The Morgan fingerprint density at radius 1 is 1.56 bits per heavy atom. The molecule has 4 nitrogen and oxygen atoms in total. The van der Waals surface area contributed by atoms with Crippen LogP contribution in [0.2, 0.25) is 0 Å². The fourth-order valence-corrected chi connectivity index (χ4v) is 2.01. The zero-order valence-corrected chi connectivity index (χ0v) is 10.3. The minimum atomic E-state index is -0.215. The van der Waals surface area contributed by atoms with Crippen LogP contribution < -0.4 is 0 Å². The number of piperidine rings is 1. The molecule has 0 bridgehead atoms. The van der Waals surface area contributed by atoms with E-state index in [1.807, 2.05) is 13.8 Å². The van der Waals surface area contributed by atoms with Crippen molar-refractivity contribution in [3.8, 4) is 0 Å². The Hall–Kier alpha value is -0.770. The lowest BCUT2D eigenvalue weighted by molar-refractivity contribution is 0.0413. The van der Waals surface area contributed by atoms with Crippen molar-refractivity contribution in [2.75, 3.05) is 13.2 Å². The molecule has 1 aliphatic heterocycles. The van der Waals surface area contributed by atoms with Crippen molar-refractivity contribution in [3.63, 3.8) is 0 Å². The van der Waals surface area contributed by atoms with Crippen molar-refractivity contribution < 1.29 is 14.6 Å². The molecule has 1 aliphatic rings. The van der Waals surface area contributed by atoms with E-state index in [2.05, 4.69) is 0 Å². The number of carbonyl (C=O) groups is 1. The molecular formula is C12H23NO3. The molecular weight excluding hydrogens is 206 g/mol. The maximum atomic E-state index is 11.9. The van der Waals surface area contributed by atoms with Crippen molar-refractivity contribution in [1.82, 2.24) is 4.90 Å². The number of rotatable bonds is 4. The third-order valence-electron chi connectivity index (χ3n) is 3.20. The van der Waals surface area contributed by atoms with E-state index in [1.54, 1.807) is 4.90 Å². The van der Waals surface area contributed by atoms with Crippen LogP contribution in [-0.4, -0.2) is 41.4 Å². The molecule has 16 heavy (non-hydrogen) atoms. The summed E-state index contributed by atoms with van der Waals surface area (Å²) < 4.78 is 5.32. The highest BCUT2D eigenvalue weighted by Gasteiger charge is 2.27. The highest BCUT2D eigenvalue weighted by atomic mass is 16.6. The lowest BCUT2D eigenvalue weighted by Gasteiger charge is -2.35. The Balaban J connectivity index is 2.50. The molecule has 1 N–H and O–H groups in total. The van der Waals surface area contributed by atoms with Crippen LogP contribution in [0.15, 0.2) is 0 Å². The van der Waals surface area contributed by atoms with Crippen molar-refractivity contribution >= 4 is 6.09 Å². The van der Waals surface area contributed by atoms with Gasteiger partial charge in [0.25, 0.3) is 0 Å². The Morgan fingerprint density at radius 2 is 2.31 bits per heavy atom. The average Bonchev–Trinajstić information content (AvgIpc) is 2.30. The van der Waals surface area contributed by atoms with Crippen LogP contribution in [0.1, 0.15) is 46.0 Å². The van der Waals surface area contributed by atoms with Crippen LogP contribution in [0.4, 0.5) is 4.79 Å². The van der Waals surface area contributed by atoms with Gasteiger partial charge in [-0.2, -0.15) is 0 Å². The highest BCUT2D eigenvalue weighted by molar-refractivity contribution is 5.68. The highest BCUT2D eigenvalue weighted by Crippen LogP contribution is 2.20. The first-order valence-electron chi connectivity index (χ1n) is 6.27. The Labute approximate surface area is 97.6 Å². The Bertz CT molecular complexity index is 218. The molecule has 0 saturated carbocycles. The lowest BCUT2D eigenvalue weighted by atomic mass is 10.0. The van der Waals surface area contributed by atoms with Gasteiger partial charge in [-0.3, -0.25) is 0 Å². The predicted octanol–water partition coefficient (Wildman–Crippen LogP) is 2.16. The molecule has 0 aromatic heterocycles. The van der Waals surface area contributed by atoms with E-state index in [1.165, 1.54) is 0 Å². The first kappa shape index (κ1) is 13.3. The van der Waals surface area contributed by atoms with Gasteiger partial charge in [-0.05, 0) is 39.0 Å². The molecule has 1 amide bonds. The van der Waals surface area contributed by atoms with Crippen LogP contribution in [0.5, 0.6) is 0 Å². The lowest BCUT2D eigenvalue weighted by Crippen LogP contribution is -2.45. The summed E-state index contributed by atoms with van der Waals surface area (Å²) in [5, 5.41) is 8.97. The van der Waals surface area contributed by atoms with Crippen molar-refractivity contribution in [2.45, 2.75) is 58.1 Å². The maximum Gasteiger partial charge on any atom is 0.410 e. The zero-order chi connectivity index (χ0) is 12.0. The second kappa shape index (κ2) is 6.74. The summed E-state index contributed by atoms with van der Waals surface area (Å²) in [6, 6.07) is 0.162. The topological polar surface area (TPSA) is 49.8 Å². The van der Waals surface area contributed by atoms with Crippen LogP contribution in [0.3, 0.4) is 0 Å². The fourth-order valence-electron chi connectivity index (χ4n) is 2.01. The maximum absolute atomic E-state index is 11.9. The third kappa shape index (κ3) is 3.67. The van der Waals surface area contributed by atoms with Crippen LogP contribution in [-0.2, 0) is 4.74 Å². The van der Waals surface area contributed by atoms with E-state index in [9.17, 15) is 4.79 Å². The van der Waals surface area contributed by atoms with Gasteiger partial charge >= 0.3 is 6.09 Å². The number of aliphatic hydroxyl groups excluding tert-OH is 1. The number of nitrogens with zero attached hydrogens (tertiary/aromatic N) is 1. The molecule has 2 atom stereocenters. The second-order valence-electron chi connectivity index (χ2n) is 4.46. The largest absolute Gasteiger partial charge is 0.446 e. The molecule has 0 radical (unpaired) electrons. The van der Waals surface area contributed by atoms with Crippen LogP contribution in [0.25, 0.3) is 0 Å². The summed E-state index contributed by atoms with van der Waals surface area (Å²) in [4.78, 5) is 13.7. The van der Waals surface area contributed by atoms with Gasteiger partial charge in [-0.15, -0.1) is 0 Å². The number of hydrogen-bond donors (Lipinski definition) is 1. The van der Waals surface area contributed by atoms with E-state index in [4.69, 9.17) is 9.84 Å². The number of amides is 1. The van der Waals surface area contributed by atoms with E-state index in [0.717, 1.165) is 32.2 Å². The summed E-state index contributed by atoms with van der Waals surface area (Å²) in [6.07, 6.45) is 4.42. The number of carbonyl (C=O) groups excluding carboxylic acids is 1. The average molecular weight is 229 g/mol. The van der Waals surface area contributed by atoms with Gasteiger partial charge in [-0.25, -0.2) is 4.79 Å². The quantitative estimate of drug-likeness (QED) is 0.803. The van der Waals surface area contributed by atoms with Crippen molar-refractivity contribution in [3.05, 3.63) is 0 Å². The minimum absolute atomic E-state index is 0.0239. The van der Waals surface area contributed by atoms with E-state index in [-0.39, 0.29) is 24.8 Å². The van der Waals surface area contributed by atoms with Gasteiger partial charge in [0.15, 0.2) is 0 Å². The monoisotopic (exact) mass is 229 g/mol. The molecule has 1 fully saturated rings. The van der Waals surface area contributed by atoms with Gasteiger partial charge in [0, 0.05) is 19.2 Å². The molecule has 1 heterocycles. The predicted molar refractivity (Wildman–Crippen MR) is 62.3 cm³/mol. The van der Waals surface area contributed by atoms with Crippen LogP contribution in [0, 0.1) is 0 Å². The first-order chi connectivity index (χ1) is 7.69. The number of likely N-dealkylation sites (tertiary alicyclic amines) is 1. The molecule has 0 aromatic rings. The Kier molecular flexibility index (Phi) is 5.60. The normalized spacial score (nSPS) is 22.9. The van der Waals surface area contributed by atoms with Gasteiger partial charge in [0.2, 0.25) is 0 Å². The molecule has 1 saturated heterocycles. The smallest absolute Gasteiger partial charge is 0.410 e. The standard InChI is InChI=1S/C12H23NO3/c1-3-10(2)16-12(15)13-8-5-4-6-11(13)7-9-14/h10-11,14H,3-9H2,1-2H3/t10-,11-/m1/s1. The molecule has 0 aliphatic carbocycles. The second-order valence-corrected chi connectivity index (χ2v) is 4.46. The van der Waals surface area contributed by atoms with E-state index < -0.39 is 0 Å². The summed E-state index contributed by atoms with van der Waals surface area (Å²) >= 11 is 0. The number of ether oxygens (including phenoxy) is 1. The SMILES string of the molecule is CC[C@@H](C)OC(=O)N1CCCC[C@@H]1CCO. The fraction of sp³-hybridized carbons (Fsp3) is 0.917. The van der Waals surface area contributed by atoms with Gasteiger partial charge < -0.3 is 14.7 Å². The molecule has 0 aromatic carbocycles.